The molecule has 4 nitrogen and oxygen atoms in total. The summed E-state index contributed by atoms with van der Waals surface area (Å²) in [6, 6.07) is 10.6. The van der Waals surface area contributed by atoms with E-state index in [1.54, 1.807) is 4.90 Å². The van der Waals surface area contributed by atoms with E-state index in [4.69, 9.17) is 4.74 Å². The summed E-state index contributed by atoms with van der Waals surface area (Å²) in [4.78, 5) is 16.1. The van der Waals surface area contributed by atoms with E-state index >= 15 is 0 Å². The van der Waals surface area contributed by atoms with Gasteiger partial charge in [-0.05, 0) is 57.3 Å². The minimum Gasteiger partial charge on any atom is -0.450 e. The van der Waals surface area contributed by atoms with Gasteiger partial charge >= 0.3 is 6.09 Å². The van der Waals surface area contributed by atoms with Crippen LogP contribution in [0.2, 0.25) is 0 Å². The molecule has 0 unspecified atom stereocenters. The Kier molecular flexibility index (Phi) is 5.83. The highest BCUT2D eigenvalue weighted by Crippen LogP contribution is 2.35. The van der Waals surface area contributed by atoms with Gasteiger partial charge < -0.3 is 14.5 Å². The summed E-state index contributed by atoms with van der Waals surface area (Å²) in [5, 5.41) is 0. The normalized spacial score (nSPS) is 18.0. The highest BCUT2D eigenvalue weighted by Gasteiger charge is 2.36. The third-order valence-corrected chi connectivity index (χ3v) is 4.62. The lowest BCUT2D eigenvalue weighted by Crippen LogP contribution is -2.47. The topological polar surface area (TPSA) is 32.8 Å². The minimum absolute atomic E-state index is 0.148. The molecule has 0 bridgehead atoms. The van der Waals surface area contributed by atoms with Crippen molar-refractivity contribution in [1.29, 1.82) is 0 Å². The summed E-state index contributed by atoms with van der Waals surface area (Å²) in [5.41, 5.74) is 1.50. The molecule has 22 heavy (non-hydrogen) atoms. The van der Waals surface area contributed by atoms with Gasteiger partial charge in [0.15, 0.2) is 0 Å². The molecule has 0 N–H and O–H groups in total. The third-order valence-electron chi connectivity index (χ3n) is 4.62. The number of nitrogens with zero attached hydrogens (tertiary/aromatic N) is 2. The molecule has 2 rings (SSSR count). The van der Waals surface area contributed by atoms with E-state index in [1.807, 2.05) is 14.0 Å². The number of likely N-dealkylation sites (tertiary alicyclic amines) is 1. The first-order valence-electron chi connectivity index (χ1n) is 8.15. The van der Waals surface area contributed by atoms with E-state index in [9.17, 15) is 4.79 Å². The molecule has 0 spiro atoms. The van der Waals surface area contributed by atoms with Gasteiger partial charge in [-0.3, -0.25) is 0 Å². The van der Waals surface area contributed by atoms with Gasteiger partial charge in [0.2, 0.25) is 0 Å². The summed E-state index contributed by atoms with van der Waals surface area (Å²) < 4.78 is 5.14. The maximum absolute atomic E-state index is 12.0. The molecule has 0 aromatic heterocycles. The van der Waals surface area contributed by atoms with Gasteiger partial charge in [-0.15, -0.1) is 0 Å². The van der Waals surface area contributed by atoms with Gasteiger partial charge in [-0.25, -0.2) is 4.79 Å². The maximum Gasteiger partial charge on any atom is 0.409 e. The van der Waals surface area contributed by atoms with Gasteiger partial charge in [0, 0.05) is 13.6 Å². The second kappa shape index (κ2) is 7.63. The number of carbonyl (C=O) groups is 1. The van der Waals surface area contributed by atoms with Gasteiger partial charge in [0.25, 0.3) is 0 Å². The van der Waals surface area contributed by atoms with E-state index in [2.05, 4.69) is 42.3 Å². The zero-order valence-corrected chi connectivity index (χ0v) is 14.0. The molecule has 1 fully saturated rings. The Hall–Kier alpha value is -1.55. The number of ether oxygens (including phenoxy) is 1. The molecular formula is C18H28N2O2. The Morgan fingerprint density at radius 3 is 2.50 bits per heavy atom. The van der Waals surface area contributed by atoms with Crippen molar-refractivity contribution < 1.29 is 9.53 Å². The summed E-state index contributed by atoms with van der Waals surface area (Å²) in [5.74, 6) is 0. The van der Waals surface area contributed by atoms with E-state index in [-0.39, 0.29) is 11.5 Å². The molecule has 1 aliphatic rings. The lowest BCUT2D eigenvalue weighted by molar-refractivity contribution is 0.0636. The smallest absolute Gasteiger partial charge is 0.409 e. The van der Waals surface area contributed by atoms with Gasteiger partial charge in [-0.2, -0.15) is 0 Å². The summed E-state index contributed by atoms with van der Waals surface area (Å²) in [6.07, 6.45) is 3.03. The average Bonchev–Trinajstić information content (AvgIpc) is 2.51. The molecule has 1 amide bonds. The fraction of sp³-hybridized carbons (Fsp3) is 0.611. The van der Waals surface area contributed by atoms with Crippen molar-refractivity contribution in [2.75, 3.05) is 40.3 Å². The monoisotopic (exact) mass is 304 g/mol. The van der Waals surface area contributed by atoms with E-state index in [0.717, 1.165) is 38.9 Å². The quantitative estimate of drug-likeness (QED) is 0.838. The Balaban J connectivity index is 2.10. The predicted octanol–water partition coefficient (Wildman–Crippen LogP) is 3.03. The van der Waals surface area contributed by atoms with Crippen LogP contribution in [0.5, 0.6) is 0 Å². The summed E-state index contributed by atoms with van der Waals surface area (Å²) >= 11 is 0. The number of hydrogen-bond acceptors (Lipinski definition) is 3. The van der Waals surface area contributed by atoms with Crippen molar-refractivity contribution in [2.24, 2.45) is 5.41 Å². The molecule has 1 saturated heterocycles. The van der Waals surface area contributed by atoms with Crippen LogP contribution in [0.25, 0.3) is 0 Å². The second-order valence-electron chi connectivity index (χ2n) is 6.52. The Bertz CT molecular complexity index is 467. The van der Waals surface area contributed by atoms with Crippen molar-refractivity contribution in [2.45, 2.75) is 26.2 Å². The van der Waals surface area contributed by atoms with Crippen molar-refractivity contribution in [3.05, 3.63) is 35.9 Å². The molecule has 0 atom stereocenters. The second-order valence-corrected chi connectivity index (χ2v) is 6.52. The predicted molar refractivity (Wildman–Crippen MR) is 89.0 cm³/mol. The van der Waals surface area contributed by atoms with E-state index in [1.165, 1.54) is 5.56 Å². The van der Waals surface area contributed by atoms with Crippen molar-refractivity contribution in [3.8, 4) is 0 Å². The van der Waals surface area contributed by atoms with Crippen molar-refractivity contribution in [1.82, 2.24) is 9.80 Å². The molecular weight excluding hydrogens is 276 g/mol. The lowest BCUT2D eigenvalue weighted by atomic mass is 9.73. The highest BCUT2D eigenvalue weighted by molar-refractivity contribution is 5.67. The van der Waals surface area contributed by atoms with Crippen LogP contribution in [0.15, 0.2) is 30.3 Å². The molecule has 122 valence electrons. The number of rotatable bonds is 5. The fourth-order valence-corrected chi connectivity index (χ4v) is 3.31. The molecule has 0 aliphatic carbocycles. The molecule has 4 heteroatoms. The standard InChI is InChI=1S/C18H28N2O2/c1-4-22-17(21)20(3)15-18(10-12-19(2)13-11-18)14-16-8-6-5-7-9-16/h5-9H,4,10-15H2,1-3H3. The van der Waals surface area contributed by atoms with Crippen LogP contribution in [0.1, 0.15) is 25.3 Å². The number of hydrogen-bond donors (Lipinski definition) is 0. The Morgan fingerprint density at radius 2 is 1.91 bits per heavy atom. The first-order valence-corrected chi connectivity index (χ1v) is 8.15. The Morgan fingerprint density at radius 1 is 1.27 bits per heavy atom. The van der Waals surface area contributed by atoms with Crippen LogP contribution < -0.4 is 0 Å². The largest absolute Gasteiger partial charge is 0.450 e. The van der Waals surface area contributed by atoms with Crippen molar-refractivity contribution >= 4 is 6.09 Å². The van der Waals surface area contributed by atoms with Gasteiger partial charge in [0.1, 0.15) is 0 Å². The van der Waals surface area contributed by atoms with Gasteiger partial charge in [0.05, 0.1) is 6.61 Å². The number of amides is 1. The lowest BCUT2D eigenvalue weighted by Gasteiger charge is -2.43. The number of piperidine rings is 1. The van der Waals surface area contributed by atoms with Gasteiger partial charge in [-0.1, -0.05) is 30.3 Å². The zero-order chi connectivity index (χ0) is 16.0. The first-order chi connectivity index (χ1) is 10.5. The fourth-order valence-electron chi connectivity index (χ4n) is 3.31. The molecule has 1 aliphatic heterocycles. The zero-order valence-electron chi connectivity index (χ0n) is 14.0. The molecule has 1 aromatic carbocycles. The Labute approximate surface area is 134 Å². The first kappa shape index (κ1) is 16.8. The van der Waals surface area contributed by atoms with E-state index in [0.29, 0.717) is 6.61 Å². The van der Waals surface area contributed by atoms with Crippen LogP contribution in [0.4, 0.5) is 4.79 Å². The van der Waals surface area contributed by atoms with Crippen molar-refractivity contribution in [3.63, 3.8) is 0 Å². The van der Waals surface area contributed by atoms with Crippen LogP contribution >= 0.6 is 0 Å². The number of benzene rings is 1. The van der Waals surface area contributed by atoms with Crippen LogP contribution in [-0.2, 0) is 11.2 Å². The maximum atomic E-state index is 12.0. The number of carbonyl (C=O) groups excluding carboxylic acids is 1. The van der Waals surface area contributed by atoms with Crippen LogP contribution in [0.3, 0.4) is 0 Å². The third kappa shape index (κ3) is 4.47. The SMILES string of the molecule is CCOC(=O)N(C)CC1(Cc2ccccc2)CCN(C)CC1. The van der Waals surface area contributed by atoms with Crippen LogP contribution in [-0.4, -0.2) is 56.2 Å². The highest BCUT2D eigenvalue weighted by atomic mass is 16.5. The molecule has 1 heterocycles. The van der Waals surface area contributed by atoms with E-state index < -0.39 is 0 Å². The molecule has 1 aromatic rings. The molecule has 0 radical (unpaired) electrons. The summed E-state index contributed by atoms with van der Waals surface area (Å²) in [7, 11) is 4.02. The summed E-state index contributed by atoms with van der Waals surface area (Å²) in [6.45, 7) is 5.21. The van der Waals surface area contributed by atoms with Crippen LogP contribution in [0, 0.1) is 5.41 Å². The molecule has 0 saturated carbocycles. The minimum atomic E-state index is -0.214. The average molecular weight is 304 g/mol.